The zero-order chi connectivity index (χ0) is 24.9. The molecule has 10 heteroatoms. The molecule has 2 aromatic rings. The number of hydrogen-bond donors (Lipinski definition) is 1. The van der Waals surface area contributed by atoms with Gasteiger partial charge in [0.2, 0.25) is 21.9 Å². The molecule has 0 bridgehead atoms. The van der Waals surface area contributed by atoms with Crippen molar-refractivity contribution in [1.29, 1.82) is 0 Å². The number of nitrogens with zero attached hydrogens (tertiary/aromatic N) is 5. The van der Waals surface area contributed by atoms with Crippen LogP contribution in [0.15, 0.2) is 23.1 Å². The van der Waals surface area contributed by atoms with E-state index in [9.17, 15) is 13.2 Å². The molecule has 36 heavy (non-hydrogen) atoms. The third-order valence-electron chi connectivity index (χ3n) is 8.00. The second-order valence-electron chi connectivity index (χ2n) is 10.4. The first-order valence-electron chi connectivity index (χ1n) is 13.2. The number of benzene rings is 1. The van der Waals surface area contributed by atoms with Crippen LogP contribution >= 0.6 is 0 Å². The van der Waals surface area contributed by atoms with Crippen molar-refractivity contribution in [3.63, 3.8) is 0 Å². The summed E-state index contributed by atoms with van der Waals surface area (Å²) in [5.41, 5.74) is 3.82. The van der Waals surface area contributed by atoms with Gasteiger partial charge in [0.05, 0.1) is 10.6 Å². The summed E-state index contributed by atoms with van der Waals surface area (Å²) < 4.78 is 28.8. The van der Waals surface area contributed by atoms with Crippen LogP contribution in [0.3, 0.4) is 0 Å². The summed E-state index contributed by atoms with van der Waals surface area (Å²) in [6.07, 6.45) is 7.88. The standard InChI is InChI=1S/C26H34N6O3S/c1-18-15-23(29-26(27-18)28-21-5-3-2-4-6-21)30-11-13-31(14-12-30)36(34,35)22-16-19-7-8-24(33)32-10-9-20(17-22)25(19)32/h15-17,21H,2-14H2,1H3,(H,27,28,29). The van der Waals surface area contributed by atoms with Crippen LogP contribution in [0.1, 0.15) is 55.3 Å². The largest absolute Gasteiger partial charge is 0.354 e. The Morgan fingerprint density at radius 1 is 0.889 bits per heavy atom. The maximum absolute atomic E-state index is 13.6. The third-order valence-corrected chi connectivity index (χ3v) is 9.88. The number of amides is 1. The van der Waals surface area contributed by atoms with Gasteiger partial charge in [0, 0.05) is 56.9 Å². The molecule has 4 aliphatic rings. The number of carbonyl (C=O) groups is 1. The average Bonchev–Trinajstić information content (AvgIpc) is 3.32. The van der Waals surface area contributed by atoms with Gasteiger partial charge >= 0.3 is 0 Å². The second kappa shape index (κ2) is 9.30. The summed E-state index contributed by atoms with van der Waals surface area (Å²) in [5, 5.41) is 3.52. The molecule has 0 atom stereocenters. The molecule has 1 amide bonds. The lowest BCUT2D eigenvalue weighted by atomic mass is 9.96. The van der Waals surface area contributed by atoms with Crippen LogP contribution < -0.4 is 15.1 Å². The normalized spacial score (nSPS) is 21.1. The molecule has 0 unspecified atom stereocenters. The van der Waals surface area contributed by atoms with E-state index in [0.717, 1.165) is 47.6 Å². The summed E-state index contributed by atoms with van der Waals surface area (Å²) in [6.45, 7) is 4.62. The minimum absolute atomic E-state index is 0.144. The van der Waals surface area contributed by atoms with Crippen LogP contribution in [0, 0.1) is 6.92 Å². The molecule has 1 saturated heterocycles. The lowest BCUT2D eigenvalue weighted by Crippen LogP contribution is -2.49. The molecular weight excluding hydrogens is 476 g/mol. The van der Waals surface area contributed by atoms with Crippen molar-refractivity contribution in [3.8, 4) is 0 Å². The van der Waals surface area contributed by atoms with Gasteiger partial charge in [-0.2, -0.15) is 9.29 Å². The van der Waals surface area contributed by atoms with E-state index < -0.39 is 10.0 Å². The minimum Gasteiger partial charge on any atom is -0.354 e. The predicted octanol–water partition coefficient (Wildman–Crippen LogP) is 2.88. The molecule has 1 aliphatic carbocycles. The Kier molecular flexibility index (Phi) is 6.11. The quantitative estimate of drug-likeness (QED) is 0.660. The molecular formula is C26H34N6O3S. The molecule has 1 saturated carbocycles. The number of hydrogen-bond acceptors (Lipinski definition) is 7. The number of nitrogens with one attached hydrogen (secondary N) is 1. The fraction of sp³-hybridized carbons (Fsp3) is 0.577. The summed E-state index contributed by atoms with van der Waals surface area (Å²) in [7, 11) is -3.61. The van der Waals surface area contributed by atoms with Gasteiger partial charge in [-0.05, 0) is 55.9 Å². The summed E-state index contributed by atoms with van der Waals surface area (Å²) in [6, 6.07) is 5.99. The maximum Gasteiger partial charge on any atom is 0.243 e. The third kappa shape index (κ3) is 4.34. The number of anilines is 3. The SMILES string of the molecule is Cc1cc(N2CCN(S(=O)(=O)c3cc4c5c(c3)CCN5C(=O)CC4)CC2)nc(NC2CCCCC2)n1. The van der Waals surface area contributed by atoms with Crippen LogP contribution in [-0.4, -0.2) is 67.4 Å². The van der Waals surface area contributed by atoms with E-state index in [1.807, 2.05) is 17.9 Å². The van der Waals surface area contributed by atoms with E-state index in [2.05, 4.69) is 15.2 Å². The smallest absolute Gasteiger partial charge is 0.243 e. The average molecular weight is 511 g/mol. The van der Waals surface area contributed by atoms with Gasteiger partial charge in [-0.25, -0.2) is 13.4 Å². The molecule has 4 heterocycles. The topological polar surface area (TPSA) is 98.7 Å². The van der Waals surface area contributed by atoms with Crippen molar-refractivity contribution >= 4 is 33.4 Å². The first kappa shape index (κ1) is 23.7. The number of aryl methyl sites for hydroxylation is 2. The van der Waals surface area contributed by atoms with Crippen molar-refractivity contribution in [1.82, 2.24) is 14.3 Å². The van der Waals surface area contributed by atoms with Crippen LogP contribution in [0.25, 0.3) is 0 Å². The summed E-state index contributed by atoms with van der Waals surface area (Å²) >= 11 is 0. The van der Waals surface area contributed by atoms with Crippen molar-refractivity contribution in [2.75, 3.05) is 47.8 Å². The molecule has 1 N–H and O–H groups in total. The molecule has 0 spiro atoms. The molecule has 2 fully saturated rings. The van der Waals surface area contributed by atoms with Gasteiger partial charge in [0.1, 0.15) is 5.82 Å². The Balaban J connectivity index is 1.16. The number of carbonyl (C=O) groups excluding carboxylic acids is 1. The number of sulfonamides is 1. The zero-order valence-electron chi connectivity index (χ0n) is 20.9. The van der Waals surface area contributed by atoms with Gasteiger partial charge in [0.15, 0.2) is 0 Å². The molecule has 1 aromatic heterocycles. The summed E-state index contributed by atoms with van der Waals surface area (Å²) in [4.78, 5) is 25.9. The van der Waals surface area contributed by atoms with E-state index in [0.29, 0.717) is 62.5 Å². The Hall–Kier alpha value is -2.72. The zero-order valence-corrected chi connectivity index (χ0v) is 21.7. The molecule has 3 aliphatic heterocycles. The molecule has 192 valence electrons. The van der Waals surface area contributed by atoms with E-state index in [-0.39, 0.29) is 5.91 Å². The monoisotopic (exact) mass is 510 g/mol. The van der Waals surface area contributed by atoms with E-state index in [1.54, 1.807) is 16.4 Å². The molecule has 6 rings (SSSR count). The van der Waals surface area contributed by atoms with Crippen molar-refractivity contribution in [2.45, 2.75) is 69.2 Å². The van der Waals surface area contributed by atoms with Crippen LogP contribution in [0.2, 0.25) is 0 Å². The highest BCUT2D eigenvalue weighted by Crippen LogP contribution is 2.39. The molecule has 0 radical (unpaired) electrons. The van der Waals surface area contributed by atoms with Gasteiger partial charge < -0.3 is 15.1 Å². The second-order valence-corrected chi connectivity index (χ2v) is 12.4. The first-order chi connectivity index (χ1) is 17.4. The van der Waals surface area contributed by atoms with Gasteiger partial charge in [-0.15, -0.1) is 0 Å². The highest BCUT2D eigenvalue weighted by Gasteiger charge is 2.35. The Labute approximate surface area is 212 Å². The van der Waals surface area contributed by atoms with E-state index in [4.69, 9.17) is 4.98 Å². The van der Waals surface area contributed by atoms with E-state index >= 15 is 0 Å². The van der Waals surface area contributed by atoms with Crippen LogP contribution in [0.5, 0.6) is 0 Å². The van der Waals surface area contributed by atoms with Crippen LogP contribution in [0.4, 0.5) is 17.5 Å². The highest BCUT2D eigenvalue weighted by atomic mass is 32.2. The van der Waals surface area contributed by atoms with Crippen LogP contribution in [-0.2, 0) is 27.7 Å². The first-order valence-corrected chi connectivity index (χ1v) is 14.7. The fourth-order valence-electron chi connectivity index (χ4n) is 6.09. The number of piperazine rings is 1. The Bertz CT molecular complexity index is 1280. The van der Waals surface area contributed by atoms with Crippen molar-refractivity contribution in [3.05, 3.63) is 35.0 Å². The summed E-state index contributed by atoms with van der Waals surface area (Å²) in [5.74, 6) is 1.67. The number of aromatic nitrogens is 2. The number of rotatable bonds is 5. The van der Waals surface area contributed by atoms with Crippen molar-refractivity contribution in [2.24, 2.45) is 0 Å². The minimum atomic E-state index is -3.61. The lowest BCUT2D eigenvalue weighted by Gasteiger charge is -2.35. The predicted molar refractivity (Wildman–Crippen MR) is 139 cm³/mol. The molecule has 1 aromatic carbocycles. The Morgan fingerprint density at radius 3 is 2.36 bits per heavy atom. The molecule has 9 nitrogen and oxygen atoms in total. The van der Waals surface area contributed by atoms with Gasteiger partial charge in [-0.1, -0.05) is 19.3 Å². The van der Waals surface area contributed by atoms with Gasteiger partial charge in [0.25, 0.3) is 0 Å². The van der Waals surface area contributed by atoms with E-state index in [1.165, 1.54) is 19.3 Å². The highest BCUT2D eigenvalue weighted by molar-refractivity contribution is 7.89. The maximum atomic E-state index is 13.6. The van der Waals surface area contributed by atoms with Gasteiger partial charge in [-0.3, -0.25) is 4.79 Å². The Morgan fingerprint density at radius 2 is 1.61 bits per heavy atom. The van der Waals surface area contributed by atoms with Crippen molar-refractivity contribution < 1.29 is 13.2 Å². The lowest BCUT2D eigenvalue weighted by molar-refractivity contribution is -0.118. The fourth-order valence-corrected chi connectivity index (χ4v) is 7.61.